The van der Waals surface area contributed by atoms with Crippen molar-refractivity contribution in [3.8, 4) is 5.75 Å². The van der Waals surface area contributed by atoms with Gasteiger partial charge in [0, 0.05) is 7.05 Å². The largest absolute Gasteiger partial charge is 0.487 e. The number of nitrogens with zero attached hydrogens (tertiary/aromatic N) is 2. The number of benzene rings is 1. The second-order valence-electron chi connectivity index (χ2n) is 4.50. The van der Waals surface area contributed by atoms with Crippen molar-refractivity contribution in [2.45, 2.75) is 26.6 Å². The summed E-state index contributed by atoms with van der Waals surface area (Å²) >= 11 is 6.15. The smallest absolute Gasteiger partial charge is 0.131 e. The number of halogens is 1. The van der Waals surface area contributed by atoms with Crippen molar-refractivity contribution < 1.29 is 9.84 Å². The highest BCUT2D eigenvalue weighted by molar-refractivity contribution is 6.31. The number of rotatable bonds is 4. The van der Waals surface area contributed by atoms with Crippen molar-refractivity contribution in [3.05, 3.63) is 46.2 Å². The van der Waals surface area contributed by atoms with E-state index in [-0.39, 0.29) is 0 Å². The molecule has 0 bridgehead atoms. The fourth-order valence-electron chi connectivity index (χ4n) is 1.83. The third kappa shape index (κ3) is 3.08. The van der Waals surface area contributed by atoms with E-state index < -0.39 is 6.10 Å². The van der Waals surface area contributed by atoms with E-state index in [1.54, 1.807) is 11.6 Å². The number of aliphatic hydroxyl groups excluding tert-OH is 1. The molecule has 0 radical (unpaired) electrons. The van der Waals surface area contributed by atoms with Crippen molar-refractivity contribution in [1.82, 2.24) is 9.78 Å². The lowest BCUT2D eigenvalue weighted by Gasteiger charge is -2.09. The Kier molecular flexibility index (Phi) is 4.12. The number of hydrogen-bond donors (Lipinski definition) is 1. The predicted molar refractivity (Wildman–Crippen MR) is 74.4 cm³/mol. The van der Waals surface area contributed by atoms with E-state index in [2.05, 4.69) is 5.10 Å². The van der Waals surface area contributed by atoms with E-state index >= 15 is 0 Å². The quantitative estimate of drug-likeness (QED) is 0.936. The summed E-state index contributed by atoms with van der Waals surface area (Å²) in [5.74, 6) is 0.735. The van der Waals surface area contributed by atoms with Crippen molar-refractivity contribution in [3.63, 3.8) is 0 Å². The van der Waals surface area contributed by atoms with Crippen LogP contribution in [0.25, 0.3) is 0 Å². The topological polar surface area (TPSA) is 47.3 Å². The zero-order valence-corrected chi connectivity index (χ0v) is 12.0. The normalized spacial score (nSPS) is 12.5. The highest BCUT2D eigenvalue weighted by Crippen LogP contribution is 2.22. The van der Waals surface area contributed by atoms with Gasteiger partial charge in [-0.2, -0.15) is 5.10 Å². The van der Waals surface area contributed by atoms with Gasteiger partial charge in [0.15, 0.2) is 0 Å². The number of aromatic nitrogens is 2. The Labute approximate surface area is 117 Å². The molecule has 102 valence electrons. The molecule has 5 heteroatoms. The Hall–Kier alpha value is -1.52. The molecule has 1 heterocycles. The molecular weight excluding hydrogens is 264 g/mol. The minimum Gasteiger partial charge on any atom is -0.487 e. The molecule has 1 aromatic carbocycles. The average Bonchev–Trinajstić information content (AvgIpc) is 2.62. The maximum absolute atomic E-state index is 9.43. The van der Waals surface area contributed by atoms with Crippen LogP contribution in [0.2, 0.25) is 5.02 Å². The summed E-state index contributed by atoms with van der Waals surface area (Å²) in [6.45, 7) is 3.96. The Morgan fingerprint density at radius 3 is 2.47 bits per heavy atom. The highest BCUT2D eigenvalue weighted by atomic mass is 35.5. The first-order valence-electron chi connectivity index (χ1n) is 6.08. The van der Waals surface area contributed by atoms with Crippen molar-refractivity contribution in [2.24, 2.45) is 7.05 Å². The van der Waals surface area contributed by atoms with Crippen LogP contribution in [0.4, 0.5) is 0 Å². The summed E-state index contributed by atoms with van der Waals surface area (Å²) in [6.07, 6.45) is -0.469. The lowest BCUT2D eigenvalue weighted by atomic mass is 10.1. The number of ether oxygens (including phenoxy) is 1. The van der Waals surface area contributed by atoms with Gasteiger partial charge in [0.2, 0.25) is 0 Å². The lowest BCUT2D eigenvalue weighted by Crippen LogP contribution is -2.03. The van der Waals surface area contributed by atoms with Crippen LogP contribution in [0.3, 0.4) is 0 Å². The van der Waals surface area contributed by atoms with Gasteiger partial charge in [-0.25, -0.2) is 0 Å². The molecule has 2 aromatic rings. The first kappa shape index (κ1) is 13.9. The Bertz CT molecular complexity index is 562. The summed E-state index contributed by atoms with van der Waals surface area (Å²) in [6, 6.07) is 7.35. The SMILES string of the molecule is Cc1nn(C)c(COc2ccc(C(C)O)cc2)c1Cl. The van der Waals surface area contributed by atoms with Gasteiger partial charge < -0.3 is 9.84 Å². The molecule has 1 unspecified atom stereocenters. The van der Waals surface area contributed by atoms with Crippen LogP contribution in [0.5, 0.6) is 5.75 Å². The highest BCUT2D eigenvalue weighted by Gasteiger charge is 2.11. The maximum Gasteiger partial charge on any atom is 0.131 e. The van der Waals surface area contributed by atoms with Crippen LogP contribution in [0.15, 0.2) is 24.3 Å². The van der Waals surface area contributed by atoms with E-state index in [0.717, 1.165) is 22.7 Å². The van der Waals surface area contributed by atoms with Gasteiger partial charge in [0.25, 0.3) is 0 Å². The van der Waals surface area contributed by atoms with Crippen LogP contribution in [-0.4, -0.2) is 14.9 Å². The third-order valence-corrected chi connectivity index (χ3v) is 3.49. The first-order chi connectivity index (χ1) is 8.99. The Morgan fingerprint density at radius 2 is 2.00 bits per heavy atom. The molecule has 0 spiro atoms. The van der Waals surface area contributed by atoms with Gasteiger partial charge in [-0.05, 0) is 31.5 Å². The predicted octanol–water partition coefficient (Wildman–Crippen LogP) is 3.01. The summed E-state index contributed by atoms with van der Waals surface area (Å²) in [5, 5.41) is 14.3. The minimum atomic E-state index is -0.469. The number of aryl methyl sites for hydroxylation is 2. The molecule has 0 aliphatic heterocycles. The zero-order chi connectivity index (χ0) is 14.0. The number of aliphatic hydroxyl groups is 1. The van der Waals surface area contributed by atoms with Crippen LogP contribution in [0.1, 0.15) is 30.0 Å². The van der Waals surface area contributed by atoms with Crippen LogP contribution < -0.4 is 4.74 Å². The fourth-order valence-corrected chi connectivity index (χ4v) is 2.05. The Balaban J connectivity index is 2.06. The van der Waals surface area contributed by atoms with Gasteiger partial charge in [0.05, 0.1) is 22.5 Å². The molecule has 19 heavy (non-hydrogen) atoms. The molecule has 1 atom stereocenters. The van der Waals surface area contributed by atoms with Crippen molar-refractivity contribution in [1.29, 1.82) is 0 Å². The molecule has 0 aliphatic rings. The molecule has 0 saturated carbocycles. The standard InChI is InChI=1S/C14H17ClN2O2/c1-9-14(15)13(17(3)16-9)8-19-12-6-4-11(5-7-12)10(2)18/h4-7,10,18H,8H2,1-3H3. The summed E-state index contributed by atoms with van der Waals surface area (Å²) in [4.78, 5) is 0. The van der Waals surface area contributed by atoms with Gasteiger partial charge in [-0.1, -0.05) is 23.7 Å². The molecule has 0 amide bonds. The lowest BCUT2D eigenvalue weighted by molar-refractivity contribution is 0.199. The second kappa shape index (κ2) is 5.63. The summed E-state index contributed by atoms with van der Waals surface area (Å²) in [7, 11) is 1.84. The molecule has 1 N–H and O–H groups in total. The van der Waals surface area contributed by atoms with E-state index in [0.29, 0.717) is 11.6 Å². The van der Waals surface area contributed by atoms with Crippen LogP contribution in [-0.2, 0) is 13.7 Å². The van der Waals surface area contributed by atoms with E-state index in [1.165, 1.54) is 0 Å². The van der Waals surface area contributed by atoms with Gasteiger partial charge in [0.1, 0.15) is 12.4 Å². The zero-order valence-electron chi connectivity index (χ0n) is 11.2. The average molecular weight is 281 g/mol. The van der Waals surface area contributed by atoms with Crippen molar-refractivity contribution >= 4 is 11.6 Å². The van der Waals surface area contributed by atoms with Gasteiger partial charge >= 0.3 is 0 Å². The summed E-state index contributed by atoms with van der Waals surface area (Å²) < 4.78 is 7.40. The molecule has 1 aromatic heterocycles. The maximum atomic E-state index is 9.43. The van der Waals surface area contributed by atoms with Crippen LogP contribution >= 0.6 is 11.6 Å². The number of hydrogen-bond acceptors (Lipinski definition) is 3. The van der Waals surface area contributed by atoms with E-state index in [9.17, 15) is 5.11 Å². The minimum absolute atomic E-state index is 0.365. The van der Waals surface area contributed by atoms with Crippen LogP contribution in [0, 0.1) is 6.92 Å². The summed E-state index contributed by atoms with van der Waals surface area (Å²) in [5.41, 5.74) is 2.51. The van der Waals surface area contributed by atoms with Gasteiger partial charge in [-0.3, -0.25) is 4.68 Å². The molecule has 0 fully saturated rings. The second-order valence-corrected chi connectivity index (χ2v) is 4.88. The van der Waals surface area contributed by atoms with E-state index in [4.69, 9.17) is 16.3 Å². The van der Waals surface area contributed by atoms with Crippen molar-refractivity contribution in [2.75, 3.05) is 0 Å². The van der Waals surface area contributed by atoms with Gasteiger partial charge in [-0.15, -0.1) is 0 Å². The third-order valence-electron chi connectivity index (χ3n) is 3.00. The fraction of sp³-hybridized carbons (Fsp3) is 0.357. The van der Waals surface area contributed by atoms with E-state index in [1.807, 2.05) is 38.2 Å². The first-order valence-corrected chi connectivity index (χ1v) is 6.45. The molecule has 0 aliphatic carbocycles. The molecule has 0 saturated heterocycles. The molecular formula is C14H17ClN2O2. The monoisotopic (exact) mass is 280 g/mol. The molecule has 4 nitrogen and oxygen atoms in total. The molecule has 2 rings (SSSR count). The Morgan fingerprint density at radius 1 is 1.37 bits per heavy atom.